The molecule has 0 aliphatic heterocycles. The van der Waals surface area contributed by atoms with Gasteiger partial charge in [-0.2, -0.15) is 5.10 Å². The van der Waals surface area contributed by atoms with Crippen molar-refractivity contribution in [2.24, 2.45) is 7.05 Å². The molecule has 7 heteroatoms. The third-order valence-corrected chi connectivity index (χ3v) is 2.98. The average Bonchev–Trinajstić information content (AvgIpc) is 2.67. The number of aromatic carboxylic acids is 1. The zero-order valence-corrected chi connectivity index (χ0v) is 12.0. The van der Waals surface area contributed by atoms with Crippen LogP contribution in [0.3, 0.4) is 0 Å². The number of nitrogens with one attached hydrogen (secondary N) is 2. The third kappa shape index (κ3) is 3.38. The molecule has 0 unspecified atom stereocenters. The topological polar surface area (TPSA) is 96.3 Å². The molecule has 1 aromatic heterocycles. The second-order valence-corrected chi connectivity index (χ2v) is 4.72. The Labute approximate surface area is 121 Å². The summed E-state index contributed by atoms with van der Waals surface area (Å²) in [4.78, 5) is 22.8. The maximum atomic E-state index is 11.9. The molecule has 2 amide bonds. The largest absolute Gasteiger partial charge is 0.478 e. The molecule has 0 atom stereocenters. The second-order valence-electron chi connectivity index (χ2n) is 4.72. The minimum atomic E-state index is -0.991. The van der Waals surface area contributed by atoms with Crippen molar-refractivity contribution in [2.45, 2.75) is 13.8 Å². The molecule has 1 aromatic carbocycles. The molecule has 0 saturated heterocycles. The number of carbonyl (C=O) groups excluding carboxylic acids is 1. The van der Waals surface area contributed by atoms with Gasteiger partial charge in [-0.05, 0) is 37.6 Å². The molecule has 3 N–H and O–H groups in total. The number of hydrogen-bond acceptors (Lipinski definition) is 3. The standard InChI is InChI=1S/C14H16N4O3/c1-8-6-10(4-5-11(8)13(19)20)15-14(21)16-12-7-18(3)17-9(12)2/h4-7H,1-3H3,(H,19,20)(H2,15,16,21). The van der Waals surface area contributed by atoms with E-state index in [1.165, 1.54) is 6.07 Å². The number of anilines is 2. The van der Waals surface area contributed by atoms with E-state index in [9.17, 15) is 9.59 Å². The number of nitrogens with zero attached hydrogens (tertiary/aromatic N) is 2. The zero-order chi connectivity index (χ0) is 15.6. The molecule has 0 aliphatic rings. The number of benzene rings is 1. The van der Waals surface area contributed by atoms with Gasteiger partial charge >= 0.3 is 12.0 Å². The van der Waals surface area contributed by atoms with Crippen molar-refractivity contribution in [3.63, 3.8) is 0 Å². The minimum Gasteiger partial charge on any atom is -0.478 e. The smallest absolute Gasteiger partial charge is 0.335 e. The maximum absolute atomic E-state index is 11.9. The highest BCUT2D eigenvalue weighted by atomic mass is 16.4. The van der Waals surface area contributed by atoms with Gasteiger partial charge in [0.05, 0.1) is 16.9 Å². The van der Waals surface area contributed by atoms with Crippen LogP contribution in [0.1, 0.15) is 21.6 Å². The predicted molar refractivity (Wildman–Crippen MR) is 78.7 cm³/mol. The van der Waals surface area contributed by atoms with Crippen molar-refractivity contribution in [2.75, 3.05) is 10.6 Å². The van der Waals surface area contributed by atoms with E-state index in [0.717, 1.165) is 0 Å². The van der Waals surface area contributed by atoms with E-state index < -0.39 is 12.0 Å². The molecule has 0 fully saturated rings. The van der Waals surface area contributed by atoms with Gasteiger partial charge in [0.2, 0.25) is 0 Å². The van der Waals surface area contributed by atoms with Crippen molar-refractivity contribution < 1.29 is 14.7 Å². The maximum Gasteiger partial charge on any atom is 0.335 e. The summed E-state index contributed by atoms with van der Waals surface area (Å²) < 4.78 is 1.61. The SMILES string of the molecule is Cc1cc(NC(=O)Nc2cn(C)nc2C)ccc1C(=O)O. The lowest BCUT2D eigenvalue weighted by Crippen LogP contribution is -2.19. The molecule has 0 aliphatic carbocycles. The van der Waals surface area contributed by atoms with Gasteiger partial charge < -0.3 is 15.7 Å². The summed E-state index contributed by atoms with van der Waals surface area (Å²) in [5, 5.41) is 18.4. The molecule has 2 rings (SSSR count). The highest BCUT2D eigenvalue weighted by Crippen LogP contribution is 2.16. The van der Waals surface area contributed by atoms with E-state index in [0.29, 0.717) is 22.6 Å². The average molecular weight is 288 g/mol. The van der Waals surface area contributed by atoms with Crippen LogP contribution in [-0.4, -0.2) is 26.9 Å². The summed E-state index contributed by atoms with van der Waals surface area (Å²) in [6, 6.07) is 4.21. The van der Waals surface area contributed by atoms with Crippen molar-refractivity contribution in [3.05, 3.63) is 41.2 Å². The second kappa shape index (κ2) is 5.66. The van der Waals surface area contributed by atoms with Gasteiger partial charge in [0.1, 0.15) is 0 Å². The van der Waals surface area contributed by atoms with Gasteiger partial charge in [0.15, 0.2) is 0 Å². The van der Waals surface area contributed by atoms with E-state index in [1.807, 2.05) is 0 Å². The molecule has 21 heavy (non-hydrogen) atoms. The van der Waals surface area contributed by atoms with Crippen molar-refractivity contribution >= 4 is 23.4 Å². The molecule has 0 radical (unpaired) electrons. The molecule has 0 saturated carbocycles. The van der Waals surface area contributed by atoms with E-state index in [4.69, 9.17) is 5.11 Å². The number of carboxylic acid groups (broad SMARTS) is 1. The van der Waals surface area contributed by atoms with Crippen LogP contribution >= 0.6 is 0 Å². The molecule has 1 heterocycles. The Balaban J connectivity index is 2.08. The van der Waals surface area contributed by atoms with E-state index >= 15 is 0 Å². The van der Waals surface area contributed by atoms with Crippen LogP contribution in [0.5, 0.6) is 0 Å². The molecule has 110 valence electrons. The molecule has 2 aromatic rings. The molecular weight excluding hydrogens is 272 g/mol. The monoisotopic (exact) mass is 288 g/mol. The van der Waals surface area contributed by atoms with E-state index in [-0.39, 0.29) is 5.56 Å². The number of aromatic nitrogens is 2. The summed E-state index contributed by atoms with van der Waals surface area (Å²) in [7, 11) is 1.77. The molecule has 0 spiro atoms. The van der Waals surface area contributed by atoms with Crippen molar-refractivity contribution in [1.29, 1.82) is 0 Å². The highest BCUT2D eigenvalue weighted by molar-refractivity contribution is 6.00. The quantitative estimate of drug-likeness (QED) is 0.807. The van der Waals surface area contributed by atoms with E-state index in [1.54, 1.807) is 43.9 Å². The van der Waals surface area contributed by atoms with Crippen LogP contribution in [-0.2, 0) is 7.05 Å². The first-order valence-electron chi connectivity index (χ1n) is 6.29. The highest BCUT2D eigenvalue weighted by Gasteiger charge is 2.10. The fraction of sp³-hybridized carbons (Fsp3) is 0.214. The normalized spacial score (nSPS) is 10.2. The Morgan fingerprint density at radius 3 is 2.48 bits per heavy atom. The fourth-order valence-corrected chi connectivity index (χ4v) is 1.99. The Morgan fingerprint density at radius 2 is 1.95 bits per heavy atom. The van der Waals surface area contributed by atoms with Gasteiger partial charge in [-0.1, -0.05) is 0 Å². The van der Waals surface area contributed by atoms with Gasteiger partial charge in [-0.25, -0.2) is 9.59 Å². The van der Waals surface area contributed by atoms with Crippen LogP contribution in [0.25, 0.3) is 0 Å². The number of rotatable bonds is 3. The Hall–Kier alpha value is -2.83. The number of aryl methyl sites for hydroxylation is 3. The van der Waals surface area contributed by atoms with Gasteiger partial charge in [-0.15, -0.1) is 0 Å². The first kappa shape index (κ1) is 14.6. The molecule has 0 bridgehead atoms. The lowest BCUT2D eigenvalue weighted by atomic mass is 10.1. The Morgan fingerprint density at radius 1 is 1.24 bits per heavy atom. The Bertz CT molecular complexity index is 706. The minimum absolute atomic E-state index is 0.212. The summed E-state index contributed by atoms with van der Waals surface area (Å²) >= 11 is 0. The number of carboxylic acids is 1. The first-order chi connectivity index (χ1) is 9.86. The third-order valence-electron chi connectivity index (χ3n) is 2.98. The fourth-order valence-electron chi connectivity index (χ4n) is 1.99. The summed E-state index contributed by atoms with van der Waals surface area (Å²) in [6.07, 6.45) is 1.70. The van der Waals surface area contributed by atoms with Crippen molar-refractivity contribution in [1.82, 2.24) is 9.78 Å². The van der Waals surface area contributed by atoms with Gasteiger partial charge in [0.25, 0.3) is 0 Å². The van der Waals surface area contributed by atoms with Crippen molar-refractivity contribution in [3.8, 4) is 0 Å². The predicted octanol–water partition coefficient (Wildman–Crippen LogP) is 2.38. The summed E-state index contributed by atoms with van der Waals surface area (Å²) in [5.41, 5.74) is 2.65. The lowest BCUT2D eigenvalue weighted by molar-refractivity contribution is 0.0696. The Kier molecular flexibility index (Phi) is 3.93. The van der Waals surface area contributed by atoms with Crippen LogP contribution < -0.4 is 10.6 Å². The number of urea groups is 1. The molecular formula is C14H16N4O3. The zero-order valence-electron chi connectivity index (χ0n) is 12.0. The van der Waals surface area contributed by atoms with Gasteiger partial charge in [-0.3, -0.25) is 4.68 Å². The lowest BCUT2D eigenvalue weighted by Gasteiger charge is -2.08. The number of carbonyl (C=O) groups is 2. The van der Waals surface area contributed by atoms with Crippen LogP contribution in [0, 0.1) is 13.8 Å². The van der Waals surface area contributed by atoms with Crippen LogP contribution in [0.15, 0.2) is 24.4 Å². The molecule has 7 nitrogen and oxygen atoms in total. The van der Waals surface area contributed by atoms with Gasteiger partial charge in [0, 0.05) is 18.9 Å². The van der Waals surface area contributed by atoms with E-state index in [2.05, 4.69) is 15.7 Å². The first-order valence-corrected chi connectivity index (χ1v) is 6.29. The van der Waals surface area contributed by atoms with Crippen LogP contribution in [0.4, 0.5) is 16.2 Å². The number of amides is 2. The van der Waals surface area contributed by atoms with Crippen LogP contribution in [0.2, 0.25) is 0 Å². The summed E-state index contributed by atoms with van der Waals surface area (Å²) in [6.45, 7) is 3.47. The number of hydrogen-bond donors (Lipinski definition) is 3. The summed E-state index contributed by atoms with van der Waals surface area (Å²) in [5.74, 6) is -0.991.